The van der Waals surface area contributed by atoms with Gasteiger partial charge in [0.1, 0.15) is 0 Å². The summed E-state index contributed by atoms with van der Waals surface area (Å²) in [5.74, 6) is 0.354. The van der Waals surface area contributed by atoms with E-state index in [9.17, 15) is 0 Å². The van der Waals surface area contributed by atoms with Crippen LogP contribution in [0, 0.1) is 0 Å². The van der Waals surface area contributed by atoms with Crippen molar-refractivity contribution in [2.45, 2.75) is 23.9 Å². The van der Waals surface area contributed by atoms with Crippen molar-refractivity contribution in [1.82, 2.24) is 0 Å². The molecule has 4 atom stereocenters. The third-order valence-electron chi connectivity index (χ3n) is 7.24. The van der Waals surface area contributed by atoms with Crippen molar-refractivity contribution in [2.75, 3.05) is 11.5 Å². The van der Waals surface area contributed by atoms with Gasteiger partial charge in [0, 0.05) is 46.8 Å². The zero-order valence-electron chi connectivity index (χ0n) is 16.4. The fourth-order valence-electron chi connectivity index (χ4n) is 6.20. The highest BCUT2D eigenvalue weighted by atomic mass is 15.1. The first-order valence-electron chi connectivity index (χ1n) is 10.5. The van der Waals surface area contributed by atoms with E-state index in [1.165, 1.54) is 33.6 Å². The second-order valence-corrected chi connectivity index (χ2v) is 8.69. The number of aromatic nitrogens is 2. The Kier molecular flexibility index (Phi) is 2.95. The molecule has 2 aromatic carbocycles. The highest BCUT2D eigenvalue weighted by molar-refractivity contribution is 5.58. The molecule has 4 bridgehead atoms. The lowest BCUT2D eigenvalue weighted by Crippen LogP contribution is -2.63. The van der Waals surface area contributed by atoms with Gasteiger partial charge in [-0.3, -0.25) is 0 Å². The molecular formula is C26H22N4+2. The topological polar surface area (TPSA) is 59.8 Å². The molecule has 1 aliphatic carbocycles. The summed E-state index contributed by atoms with van der Waals surface area (Å²) in [6.07, 6.45) is 4.49. The molecule has 0 amide bonds. The highest BCUT2D eigenvalue weighted by Crippen LogP contribution is 2.55. The van der Waals surface area contributed by atoms with Crippen molar-refractivity contribution in [3.05, 3.63) is 119 Å². The molecule has 0 spiro atoms. The lowest BCUT2D eigenvalue weighted by molar-refractivity contribution is -0.817. The maximum atomic E-state index is 6.30. The predicted octanol–water partition coefficient (Wildman–Crippen LogP) is 3.21. The molecule has 0 saturated carbocycles. The quantitative estimate of drug-likeness (QED) is 0.358. The molecule has 0 radical (unpaired) electrons. The first-order chi connectivity index (χ1) is 14.7. The van der Waals surface area contributed by atoms with Crippen molar-refractivity contribution >= 4 is 11.4 Å². The minimum atomic E-state index is 0.155. The van der Waals surface area contributed by atoms with Crippen LogP contribution in [0.2, 0.25) is 0 Å². The van der Waals surface area contributed by atoms with E-state index in [0.717, 1.165) is 11.4 Å². The number of anilines is 2. The van der Waals surface area contributed by atoms with Crippen LogP contribution in [-0.4, -0.2) is 0 Å². The fraction of sp³-hybridized carbons (Fsp3) is 0.154. The Labute approximate surface area is 175 Å². The predicted molar refractivity (Wildman–Crippen MR) is 115 cm³/mol. The van der Waals surface area contributed by atoms with Crippen LogP contribution < -0.4 is 20.6 Å². The Balaban J connectivity index is 1.68. The van der Waals surface area contributed by atoms with E-state index >= 15 is 0 Å². The molecule has 0 saturated heterocycles. The fourth-order valence-corrected chi connectivity index (χ4v) is 6.20. The first-order valence-corrected chi connectivity index (χ1v) is 10.5. The van der Waals surface area contributed by atoms with Crippen LogP contribution in [0.5, 0.6) is 0 Å². The van der Waals surface area contributed by atoms with Crippen LogP contribution >= 0.6 is 0 Å². The molecular weight excluding hydrogens is 368 g/mol. The maximum absolute atomic E-state index is 6.30. The minimum Gasteiger partial charge on any atom is -0.399 e. The third kappa shape index (κ3) is 1.86. The Morgan fingerprint density at radius 2 is 1.00 bits per heavy atom. The van der Waals surface area contributed by atoms with Crippen molar-refractivity contribution in [2.24, 2.45) is 0 Å². The van der Waals surface area contributed by atoms with Crippen molar-refractivity contribution in [3.8, 4) is 0 Å². The van der Waals surface area contributed by atoms with Gasteiger partial charge in [-0.15, -0.1) is 0 Å². The molecule has 10 rings (SSSR count). The highest BCUT2D eigenvalue weighted by Gasteiger charge is 2.58. The standard InChI is InChI=1S/C26H22N4/c27-15-7-9-17-19(13-15)23-21-5-1-3-11-29(21)25(17)26-18-10-8-16(28)14-20(18)24(23)22-6-2-4-12-30(22)26/h1-14,23-26H,27-28H2/q+2/t23-,24+,25-,26+. The van der Waals surface area contributed by atoms with Crippen LogP contribution in [0.1, 0.15) is 57.6 Å². The molecule has 5 aliphatic heterocycles. The molecule has 4 aromatic rings. The monoisotopic (exact) mass is 390 g/mol. The molecule has 7 heterocycles. The summed E-state index contributed by atoms with van der Waals surface area (Å²) in [7, 11) is 0. The van der Waals surface area contributed by atoms with Gasteiger partial charge in [0.05, 0.1) is 11.8 Å². The second kappa shape index (κ2) is 5.48. The van der Waals surface area contributed by atoms with E-state index in [2.05, 4.69) is 82.2 Å². The van der Waals surface area contributed by atoms with Crippen molar-refractivity contribution in [3.63, 3.8) is 0 Å². The summed E-state index contributed by atoms with van der Waals surface area (Å²) < 4.78 is 4.98. The summed E-state index contributed by atoms with van der Waals surface area (Å²) in [4.78, 5) is 0. The molecule has 144 valence electrons. The van der Waals surface area contributed by atoms with Gasteiger partial charge in [-0.2, -0.15) is 9.13 Å². The molecule has 4 nitrogen and oxygen atoms in total. The van der Waals surface area contributed by atoms with Crippen LogP contribution in [0.3, 0.4) is 0 Å². The van der Waals surface area contributed by atoms with Crippen molar-refractivity contribution < 1.29 is 9.13 Å². The smallest absolute Gasteiger partial charge is 0.249 e. The second-order valence-electron chi connectivity index (χ2n) is 8.69. The molecule has 0 fully saturated rings. The SMILES string of the molecule is Nc1ccc2c(c1)[C@@H]1c3cccc[n+]3[C@H]2[C@@H]2c3ccc(N)cc3[C@H]1c1cccc[n+]12. The van der Waals surface area contributed by atoms with Crippen LogP contribution in [0.4, 0.5) is 11.4 Å². The van der Waals surface area contributed by atoms with E-state index in [0.29, 0.717) is 0 Å². The summed E-state index contributed by atoms with van der Waals surface area (Å²) in [5.41, 5.74) is 22.4. The Morgan fingerprint density at radius 1 is 0.533 bits per heavy atom. The maximum Gasteiger partial charge on any atom is 0.249 e. The summed E-state index contributed by atoms with van der Waals surface area (Å²) >= 11 is 0. The lowest BCUT2D eigenvalue weighted by Gasteiger charge is -2.42. The lowest BCUT2D eigenvalue weighted by atomic mass is 9.64. The molecule has 6 aliphatic rings. The van der Waals surface area contributed by atoms with Crippen LogP contribution in [-0.2, 0) is 0 Å². The van der Waals surface area contributed by atoms with Gasteiger partial charge in [0.15, 0.2) is 23.8 Å². The van der Waals surface area contributed by atoms with Gasteiger partial charge in [-0.05, 0) is 47.5 Å². The van der Waals surface area contributed by atoms with E-state index in [-0.39, 0.29) is 23.9 Å². The van der Waals surface area contributed by atoms with Gasteiger partial charge in [-0.25, -0.2) is 0 Å². The molecule has 4 N–H and O–H groups in total. The average molecular weight is 390 g/mol. The normalized spacial score (nSPS) is 24.3. The van der Waals surface area contributed by atoms with Gasteiger partial charge in [0.2, 0.25) is 12.1 Å². The van der Waals surface area contributed by atoms with Gasteiger partial charge < -0.3 is 11.5 Å². The number of nitrogens with two attached hydrogens (primary N) is 2. The Morgan fingerprint density at radius 3 is 1.47 bits per heavy atom. The largest absolute Gasteiger partial charge is 0.399 e. The Hall–Kier alpha value is -3.66. The number of nitrogen functional groups attached to an aromatic ring is 2. The number of hydrogen-bond acceptors (Lipinski definition) is 2. The van der Waals surface area contributed by atoms with E-state index < -0.39 is 0 Å². The van der Waals surface area contributed by atoms with Crippen LogP contribution in [0.15, 0.2) is 85.2 Å². The number of pyridine rings is 2. The summed E-state index contributed by atoms with van der Waals surface area (Å²) in [6.45, 7) is 0. The summed E-state index contributed by atoms with van der Waals surface area (Å²) in [6, 6.07) is 26.4. The van der Waals surface area contributed by atoms with Gasteiger partial charge in [0.25, 0.3) is 0 Å². The molecule has 30 heavy (non-hydrogen) atoms. The van der Waals surface area contributed by atoms with E-state index in [1.54, 1.807) is 0 Å². The van der Waals surface area contributed by atoms with E-state index in [4.69, 9.17) is 11.5 Å². The Bertz CT molecular complexity index is 1250. The molecule has 2 aromatic heterocycles. The number of hydrogen-bond donors (Lipinski definition) is 2. The number of rotatable bonds is 0. The average Bonchev–Trinajstić information content (AvgIpc) is 2.75. The van der Waals surface area contributed by atoms with Gasteiger partial charge in [-0.1, -0.05) is 12.1 Å². The third-order valence-corrected chi connectivity index (χ3v) is 7.24. The summed E-state index contributed by atoms with van der Waals surface area (Å²) in [5, 5.41) is 0. The minimum absolute atomic E-state index is 0.155. The van der Waals surface area contributed by atoms with Crippen molar-refractivity contribution in [1.29, 1.82) is 0 Å². The first kappa shape index (κ1) is 16.2. The molecule has 0 unspecified atom stereocenters. The number of benzene rings is 2. The van der Waals surface area contributed by atoms with Crippen LogP contribution in [0.25, 0.3) is 0 Å². The zero-order valence-corrected chi connectivity index (χ0v) is 16.4. The zero-order chi connectivity index (χ0) is 20.0. The van der Waals surface area contributed by atoms with Gasteiger partial charge >= 0.3 is 0 Å². The molecule has 4 heteroatoms. The van der Waals surface area contributed by atoms with E-state index in [1.807, 2.05) is 12.1 Å². The number of nitrogens with zero attached hydrogens (tertiary/aromatic N) is 2.